The molecule has 2 aliphatic rings. The fourth-order valence-electron chi connectivity index (χ4n) is 5.13. The molecule has 1 aromatic carbocycles. The van der Waals surface area contributed by atoms with E-state index in [1.807, 2.05) is 6.07 Å². The number of para-hydroxylation sites is 1. The third-order valence-electron chi connectivity index (χ3n) is 6.98. The first kappa shape index (κ1) is 23.9. The largest absolute Gasteiger partial charge is 0.356 e. The Morgan fingerprint density at radius 2 is 1.97 bits per heavy atom. The minimum atomic E-state index is -0.504. The molecule has 0 bridgehead atoms. The Morgan fingerprint density at radius 1 is 1.11 bits per heavy atom. The van der Waals surface area contributed by atoms with Gasteiger partial charge in [-0.25, -0.2) is 9.18 Å². The topological polar surface area (TPSA) is 113 Å². The van der Waals surface area contributed by atoms with Crippen LogP contribution in [0.5, 0.6) is 0 Å². The van der Waals surface area contributed by atoms with Crippen LogP contribution in [0.1, 0.15) is 50.3 Å². The molecule has 36 heavy (non-hydrogen) atoms. The molecule has 188 valence electrons. The second-order valence-corrected chi connectivity index (χ2v) is 9.35. The molecule has 3 aromatic rings. The average molecular weight is 493 g/mol. The molecule has 9 nitrogen and oxygen atoms in total. The molecule has 0 spiro atoms. The number of carbonyl (C=O) groups excluding carboxylic acids is 2. The Morgan fingerprint density at radius 3 is 2.81 bits per heavy atom. The number of hydrogen-bond acceptors (Lipinski definition) is 6. The van der Waals surface area contributed by atoms with Crippen molar-refractivity contribution in [3.05, 3.63) is 60.5 Å². The van der Waals surface area contributed by atoms with E-state index in [-0.39, 0.29) is 23.6 Å². The van der Waals surface area contributed by atoms with E-state index in [2.05, 4.69) is 25.8 Å². The molecule has 3 atom stereocenters. The summed E-state index contributed by atoms with van der Waals surface area (Å²) in [6.45, 7) is 1.09. The molecular weight excluding hydrogens is 463 g/mol. The van der Waals surface area contributed by atoms with E-state index in [4.69, 9.17) is 4.52 Å². The number of hydrogen-bond donors (Lipinski definition) is 2. The summed E-state index contributed by atoms with van der Waals surface area (Å²) in [4.78, 5) is 37.0. The first-order valence-electron chi connectivity index (χ1n) is 12.4. The van der Waals surface area contributed by atoms with Crippen molar-refractivity contribution in [2.24, 2.45) is 5.92 Å². The van der Waals surface area contributed by atoms with Gasteiger partial charge in [-0.2, -0.15) is 4.98 Å². The highest BCUT2D eigenvalue weighted by Crippen LogP contribution is 2.41. The zero-order valence-corrected chi connectivity index (χ0v) is 19.9. The summed E-state index contributed by atoms with van der Waals surface area (Å²) in [5.74, 6) is -0.332. The first-order valence-corrected chi connectivity index (χ1v) is 12.4. The predicted octanol–water partition coefficient (Wildman–Crippen LogP) is 4.36. The molecule has 1 aliphatic carbocycles. The second kappa shape index (κ2) is 10.8. The number of nitrogens with zero attached hydrogens (tertiary/aromatic N) is 4. The lowest BCUT2D eigenvalue weighted by Crippen LogP contribution is -2.49. The van der Waals surface area contributed by atoms with E-state index in [1.54, 1.807) is 35.5 Å². The van der Waals surface area contributed by atoms with Crippen molar-refractivity contribution in [3.63, 3.8) is 0 Å². The van der Waals surface area contributed by atoms with Crippen LogP contribution in [0.3, 0.4) is 0 Å². The van der Waals surface area contributed by atoms with E-state index in [9.17, 15) is 14.0 Å². The van der Waals surface area contributed by atoms with Crippen LogP contribution in [0.15, 0.2) is 53.3 Å². The minimum absolute atomic E-state index is 0.0833. The van der Waals surface area contributed by atoms with Gasteiger partial charge in [0.1, 0.15) is 5.82 Å². The third-order valence-corrected chi connectivity index (χ3v) is 6.98. The Kier molecular flexibility index (Phi) is 7.20. The van der Waals surface area contributed by atoms with Crippen molar-refractivity contribution < 1.29 is 18.5 Å². The van der Waals surface area contributed by atoms with Crippen LogP contribution in [-0.4, -0.2) is 51.1 Å². The van der Waals surface area contributed by atoms with Crippen LogP contribution < -0.4 is 10.6 Å². The molecule has 2 fully saturated rings. The van der Waals surface area contributed by atoms with Crippen LogP contribution in [0, 0.1) is 11.7 Å². The van der Waals surface area contributed by atoms with Crippen molar-refractivity contribution in [1.29, 1.82) is 0 Å². The van der Waals surface area contributed by atoms with Crippen molar-refractivity contribution in [3.8, 4) is 11.4 Å². The van der Waals surface area contributed by atoms with Crippen LogP contribution in [0.25, 0.3) is 11.4 Å². The maximum absolute atomic E-state index is 14.3. The maximum Gasteiger partial charge on any atom is 0.322 e. The maximum atomic E-state index is 14.3. The van der Waals surface area contributed by atoms with Crippen molar-refractivity contribution in [2.45, 2.75) is 50.5 Å². The molecule has 3 heterocycles. The summed E-state index contributed by atoms with van der Waals surface area (Å²) >= 11 is 0. The number of halogens is 1. The van der Waals surface area contributed by atoms with E-state index in [0.29, 0.717) is 37.6 Å². The molecule has 2 N–H and O–H groups in total. The molecule has 5 rings (SSSR count). The van der Waals surface area contributed by atoms with E-state index in [1.165, 1.54) is 12.1 Å². The van der Waals surface area contributed by atoms with Gasteiger partial charge in [0.15, 0.2) is 0 Å². The van der Waals surface area contributed by atoms with Crippen LogP contribution in [-0.2, 0) is 4.79 Å². The summed E-state index contributed by atoms with van der Waals surface area (Å²) in [5.41, 5.74) is 0.856. The van der Waals surface area contributed by atoms with Crippen LogP contribution in [0.2, 0.25) is 0 Å². The number of fused-ring (bicyclic) bond motifs is 1. The average Bonchev–Trinajstić information content (AvgIpc) is 3.55. The minimum Gasteiger partial charge on any atom is -0.356 e. The zero-order valence-electron chi connectivity index (χ0n) is 19.9. The monoisotopic (exact) mass is 492 g/mol. The highest BCUT2D eigenvalue weighted by atomic mass is 19.1. The van der Waals surface area contributed by atoms with Gasteiger partial charge in [-0.05, 0) is 49.9 Å². The summed E-state index contributed by atoms with van der Waals surface area (Å²) in [6, 6.07) is 8.93. The molecule has 2 aromatic heterocycles. The van der Waals surface area contributed by atoms with Crippen molar-refractivity contribution in [2.75, 3.05) is 18.4 Å². The normalized spacial score (nSPS) is 22.9. The number of carbonyl (C=O) groups is 2. The van der Waals surface area contributed by atoms with Gasteiger partial charge < -0.3 is 20.1 Å². The Labute approximate surface area is 208 Å². The van der Waals surface area contributed by atoms with Gasteiger partial charge in [-0.1, -0.05) is 30.1 Å². The lowest BCUT2D eigenvalue weighted by Gasteiger charge is -2.32. The molecule has 0 radical (unpaired) electrons. The number of nitrogens with one attached hydrogen (secondary N) is 2. The SMILES string of the molecule is O=C1NCCCCCCN(C(=O)Nc2ccccc2F)[C@H]2C[C@H](c3nc(-c4cccnc4)no3)C[C@@H]12. The number of anilines is 1. The van der Waals surface area contributed by atoms with Gasteiger partial charge in [0.25, 0.3) is 0 Å². The lowest BCUT2D eigenvalue weighted by atomic mass is 10.0. The summed E-state index contributed by atoms with van der Waals surface area (Å²) in [5, 5.41) is 9.86. The smallest absolute Gasteiger partial charge is 0.322 e. The molecule has 1 aliphatic heterocycles. The molecular formula is C26H29FN6O3. The van der Waals surface area contributed by atoms with Crippen LogP contribution >= 0.6 is 0 Å². The molecule has 10 heteroatoms. The highest BCUT2D eigenvalue weighted by Gasteiger charge is 2.45. The lowest BCUT2D eigenvalue weighted by molar-refractivity contribution is -0.126. The van der Waals surface area contributed by atoms with Crippen molar-refractivity contribution >= 4 is 17.6 Å². The summed E-state index contributed by atoms with van der Waals surface area (Å²) in [7, 11) is 0. The Bertz CT molecular complexity index is 1200. The number of amides is 3. The van der Waals surface area contributed by atoms with Gasteiger partial charge in [-0.3, -0.25) is 9.78 Å². The van der Waals surface area contributed by atoms with E-state index >= 15 is 0 Å². The first-order chi connectivity index (χ1) is 17.6. The van der Waals surface area contributed by atoms with Gasteiger partial charge in [0.05, 0.1) is 11.6 Å². The Hall–Kier alpha value is -3.82. The fourth-order valence-corrected chi connectivity index (χ4v) is 5.13. The fraction of sp³-hybridized carbons (Fsp3) is 0.423. The highest BCUT2D eigenvalue weighted by molar-refractivity contribution is 5.90. The van der Waals surface area contributed by atoms with Gasteiger partial charge in [0.2, 0.25) is 17.6 Å². The standard InChI is InChI=1S/C26H29FN6O3/c27-20-9-3-4-10-21(20)30-26(35)33-13-6-2-1-5-12-29-24(34)19-14-18(15-22(19)33)25-31-23(32-36-25)17-8-7-11-28-16-17/h3-4,7-11,16,18-19,22H,1-2,5-6,12-15H2,(H,29,34)(H,30,35)/t18-,19-,22+/m1/s1. The second-order valence-electron chi connectivity index (χ2n) is 9.35. The van der Waals surface area contributed by atoms with Crippen LogP contribution in [0.4, 0.5) is 14.9 Å². The Balaban J connectivity index is 1.41. The van der Waals surface area contributed by atoms with Gasteiger partial charge >= 0.3 is 6.03 Å². The zero-order chi connectivity index (χ0) is 24.9. The third kappa shape index (κ3) is 5.22. The molecule has 0 unspecified atom stereocenters. The number of urea groups is 1. The van der Waals surface area contributed by atoms with E-state index < -0.39 is 17.8 Å². The molecule has 1 saturated heterocycles. The van der Waals surface area contributed by atoms with Gasteiger partial charge in [-0.15, -0.1) is 0 Å². The molecule has 3 amide bonds. The van der Waals surface area contributed by atoms with Gasteiger partial charge in [0, 0.05) is 43.0 Å². The number of benzene rings is 1. The number of rotatable bonds is 3. The summed E-state index contributed by atoms with van der Waals surface area (Å²) in [6.07, 6.45) is 7.93. The van der Waals surface area contributed by atoms with Crippen molar-refractivity contribution in [1.82, 2.24) is 25.3 Å². The molecule has 1 saturated carbocycles. The quantitative estimate of drug-likeness (QED) is 0.562. The number of pyridine rings is 1. The summed E-state index contributed by atoms with van der Waals surface area (Å²) < 4.78 is 19.9. The predicted molar refractivity (Wildman–Crippen MR) is 130 cm³/mol. The number of aromatic nitrogens is 3. The van der Waals surface area contributed by atoms with E-state index in [0.717, 1.165) is 31.2 Å².